The fourth-order valence-electron chi connectivity index (χ4n) is 1.30. The van der Waals surface area contributed by atoms with Crippen LogP contribution in [0.15, 0.2) is 35.2 Å². The van der Waals surface area contributed by atoms with Crippen LogP contribution in [0.4, 0.5) is 5.69 Å². The molecule has 108 valence electrons. The zero-order valence-corrected chi connectivity index (χ0v) is 12.0. The van der Waals surface area contributed by atoms with Crippen LogP contribution in [0, 0.1) is 0 Å². The highest BCUT2D eigenvalue weighted by molar-refractivity contribution is 7.90. The van der Waals surface area contributed by atoms with Crippen molar-refractivity contribution in [3.05, 3.63) is 35.4 Å². The normalized spacial score (nSPS) is 11.5. The van der Waals surface area contributed by atoms with Crippen molar-refractivity contribution in [1.82, 2.24) is 0 Å². The lowest BCUT2D eigenvalue weighted by atomic mass is 10.3. The number of carboxylic acid groups (broad SMARTS) is 1. The number of rotatable bonds is 5. The molecule has 0 aromatic heterocycles. The number of carboxylic acids is 1. The zero-order chi connectivity index (χ0) is 15.3. The number of benzene rings is 1. The smallest absolute Gasteiger partial charge is 0.327 e. The van der Waals surface area contributed by atoms with Crippen LogP contribution in [-0.2, 0) is 19.4 Å². The van der Waals surface area contributed by atoms with Gasteiger partial charge in [-0.2, -0.15) is 0 Å². The maximum absolute atomic E-state index is 11.5. The minimum atomic E-state index is -3.41. The van der Waals surface area contributed by atoms with Crippen molar-refractivity contribution in [3.63, 3.8) is 0 Å². The number of carbonyl (C=O) groups excluding carboxylic acids is 1. The molecule has 0 heterocycles. The van der Waals surface area contributed by atoms with E-state index in [4.69, 9.17) is 16.7 Å². The van der Waals surface area contributed by atoms with Gasteiger partial charge in [-0.05, 0) is 18.2 Å². The Morgan fingerprint density at radius 2 is 2.05 bits per heavy atom. The van der Waals surface area contributed by atoms with Gasteiger partial charge in [-0.15, -0.1) is 0 Å². The largest absolute Gasteiger partial charge is 0.478 e. The van der Waals surface area contributed by atoms with E-state index in [2.05, 4.69) is 5.32 Å². The van der Waals surface area contributed by atoms with Crippen LogP contribution >= 0.6 is 11.6 Å². The van der Waals surface area contributed by atoms with E-state index < -0.39 is 21.7 Å². The fourth-order valence-corrected chi connectivity index (χ4v) is 2.11. The second-order valence-corrected chi connectivity index (χ2v) is 6.33. The van der Waals surface area contributed by atoms with Gasteiger partial charge in [0, 0.05) is 18.8 Å². The van der Waals surface area contributed by atoms with E-state index in [1.54, 1.807) is 0 Å². The van der Waals surface area contributed by atoms with Crippen LogP contribution in [-0.4, -0.2) is 31.7 Å². The number of halogens is 1. The molecule has 20 heavy (non-hydrogen) atoms. The maximum Gasteiger partial charge on any atom is 0.327 e. The third-order valence-electron chi connectivity index (χ3n) is 2.20. The summed E-state index contributed by atoms with van der Waals surface area (Å²) in [4.78, 5) is 21.8. The van der Waals surface area contributed by atoms with Crippen molar-refractivity contribution in [3.8, 4) is 0 Å². The first kappa shape index (κ1) is 16.2. The lowest BCUT2D eigenvalue weighted by Crippen LogP contribution is -2.11. The summed E-state index contributed by atoms with van der Waals surface area (Å²) in [6.45, 7) is 0. The van der Waals surface area contributed by atoms with Gasteiger partial charge in [0.2, 0.25) is 5.91 Å². The van der Waals surface area contributed by atoms with E-state index in [0.717, 1.165) is 12.3 Å². The summed E-state index contributed by atoms with van der Waals surface area (Å²) in [7, 11) is -3.41. The second kappa shape index (κ2) is 6.53. The minimum Gasteiger partial charge on any atom is -0.478 e. The molecule has 0 spiro atoms. The van der Waals surface area contributed by atoms with Crippen molar-refractivity contribution in [2.75, 3.05) is 11.6 Å². The lowest BCUT2D eigenvalue weighted by Gasteiger charge is -2.08. The van der Waals surface area contributed by atoms with Crippen molar-refractivity contribution in [2.24, 2.45) is 0 Å². The third-order valence-corrected chi connectivity index (χ3v) is 3.64. The Hall–Kier alpha value is -1.86. The van der Waals surface area contributed by atoms with Crippen LogP contribution < -0.4 is 5.32 Å². The Balaban J connectivity index is 2.87. The van der Waals surface area contributed by atoms with Gasteiger partial charge in [0.1, 0.15) is 0 Å². The summed E-state index contributed by atoms with van der Waals surface area (Å²) >= 11 is 5.85. The Morgan fingerprint density at radius 1 is 1.40 bits per heavy atom. The summed E-state index contributed by atoms with van der Waals surface area (Å²) in [5, 5.41) is 11.0. The number of hydrogen-bond donors (Lipinski definition) is 2. The SMILES string of the molecule is CS(=O)(=O)c1ccc(Cl)c(NC(=O)CC=CC(=O)O)c1. The molecule has 0 aliphatic carbocycles. The molecule has 0 saturated heterocycles. The molecule has 8 heteroatoms. The van der Waals surface area contributed by atoms with E-state index >= 15 is 0 Å². The molecule has 0 radical (unpaired) electrons. The van der Waals surface area contributed by atoms with Crippen LogP contribution in [0.1, 0.15) is 6.42 Å². The topological polar surface area (TPSA) is 101 Å². The molecule has 0 atom stereocenters. The molecule has 1 amide bonds. The summed E-state index contributed by atoms with van der Waals surface area (Å²) in [5.41, 5.74) is 0.156. The van der Waals surface area contributed by atoms with Gasteiger partial charge in [-0.25, -0.2) is 13.2 Å². The minimum absolute atomic E-state index is 0.0262. The van der Waals surface area contributed by atoms with Gasteiger partial charge in [-0.3, -0.25) is 4.79 Å². The number of nitrogens with one attached hydrogen (secondary N) is 1. The summed E-state index contributed by atoms with van der Waals surface area (Å²) in [6, 6.07) is 3.94. The molecular formula is C12H12ClNO5S. The molecule has 1 aromatic rings. The monoisotopic (exact) mass is 317 g/mol. The van der Waals surface area contributed by atoms with E-state index in [1.807, 2.05) is 0 Å². The molecule has 0 aliphatic heterocycles. The molecule has 0 saturated carbocycles. The first-order valence-corrected chi connectivity index (χ1v) is 7.66. The molecule has 1 aromatic carbocycles. The molecule has 0 fully saturated rings. The third kappa shape index (κ3) is 5.02. The number of aliphatic carboxylic acids is 1. The maximum atomic E-state index is 11.5. The summed E-state index contributed by atoms with van der Waals surface area (Å²) in [5.74, 6) is -1.66. The predicted octanol–water partition coefficient (Wildman–Crippen LogP) is 1.71. The van der Waals surface area contributed by atoms with Gasteiger partial charge in [0.15, 0.2) is 9.84 Å². The van der Waals surface area contributed by atoms with Crippen molar-refractivity contribution in [2.45, 2.75) is 11.3 Å². The molecular weight excluding hydrogens is 306 g/mol. The van der Waals surface area contributed by atoms with Gasteiger partial charge in [-0.1, -0.05) is 17.7 Å². The van der Waals surface area contributed by atoms with Crippen molar-refractivity contribution < 1.29 is 23.1 Å². The first-order valence-electron chi connectivity index (χ1n) is 5.39. The first-order chi connectivity index (χ1) is 9.20. The van der Waals surface area contributed by atoms with Gasteiger partial charge in [0.05, 0.1) is 15.6 Å². The Kier molecular flexibility index (Phi) is 5.29. The summed E-state index contributed by atoms with van der Waals surface area (Å²) < 4.78 is 22.8. The molecule has 0 aliphatic rings. The zero-order valence-electron chi connectivity index (χ0n) is 10.5. The lowest BCUT2D eigenvalue weighted by molar-refractivity contribution is -0.131. The average Bonchev–Trinajstić information content (AvgIpc) is 2.30. The van der Waals surface area contributed by atoms with Crippen molar-refractivity contribution in [1.29, 1.82) is 0 Å². The molecule has 6 nitrogen and oxygen atoms in total. The molecule has 0 bridgehead atoms. The number of sulfone groups is 1. The quantitative estimate of drug-likeness (QED) is 0.805. The molecule has 2 N–H and O–H groups in total. The van der Waals surface area contributed by atoms with Gasteiger partial charge >= 0.3 is 5.97 Å². The Bertz CT molecular complexity index is 666. The van der Waals surface area contributed by atoms with Crippen LogP contribution in [0.2, 0.25) is 5.02 Å². The number of amides is 1. The van der Waals surface area contributed by atoms with Gasteiger partial charge in [0.25, 0.3) is 0 Å². The van der Waals surface area contributed by atoms with E-state index in [0.29, 0.717) is 0 Å². The molecule has 0 unspecified atom stereocenters. The van der Waals surface area contributed by atoms with Gasteiger partial charge < -0.3 is 10.4 Å². The number of anilines is 1. The Labute approximate surface area is 121 Å². The highest BCUT2D eigenvalue weighted by atomic mass is 35.5. The van der Waals surface area contributed by atoms with Crippen LogP contribution in [0.25, 0.3) is 0 Å². The highest BCUT2D eigenvalue weighted by Crippen LogP contribution is 2.25. The Morgan fingerprint density at radius 3 is 2.60 bits per heavy atom. The fraction of sp³-hybridized carbons (Fsp3) is 0.167. The highest BCUT2D eigenvalue weighted by Gasteiger charge is 2.11. The van der Waals surface area contributed by atoms with Crippen LogP contribution in [0.5, 0.6) is 0 Å². The average molecular weight is 318 g/mol. The van der Waals surface area contributed by atoms with Crippen LogP contribution in [0.3, 0.4) is 0 Å². The predicted molar refractivity (Wildman–Crippen MR) is 74.6 cm³/mol. The summed E-state index contributed by atoms with van der Waals surface area (Å²) in [6.07, 6.45) is 2.89. The van der Waals surface area contributed by atoms with Crippen molar-refractivity contribution >= 4 is 39.0 Å². The second-order valence-electron chi connectivity index (χ2n) is 3.91. The standard InChI is InChI=1S/C12H12ClNO5S/c1-20(18,19)8-5-6-9(13)10(7-8)14-11(15)3-2-4-12(16)17/h2,4-7H,3H2,1H3,(H,14,15)(H,16,17). The molecule has 1 rings (SSSR count). The number of hydrogen-bond acceptors (Lipinski definition) is 4. The van der Waals surface area contributed by atoms with E-state index in [-0.39, 0.29) is 22.0 Å². The number of carbonyl (C=O) groups is 2. The van der Waals surface area contributed by atoms with E-state index in [1.165, 1.54) is 24.3 Å². The van der Waals surface area contributed by atoms with E-state index in [9.17, 15) is 18.0 Å².